The van der Waals surface area contributed by atoms with Crippen molar-refractivity contribution in [1.82, 2.24) is 10.3 Å². The molecular weight excluding hydrogens is 292 g/mol. The number of aromatic nitrogens is 1. The lowest BCUT2D eigenvalue weighted by Crippen LogP contribution is -2.57. The molecule has 0 bridgehead atoms. The molecule has 6 nitrogen and oxygen atoms in total. The van der Waals surface area contributed by atoms with E-state index in [-0.39, 0.29) is 0 Å². The summed E-state index contributed by atoms with van der Waals surface area (Å²) in [7, 11) is 0. The first-order valence-corrected chi connectivity index (χ1v) is 7.66. The largest absolute Gasteiger partial charge is 0.481 e. The van der Waals surface area contributed by atoms with Crippen molar-refractivity contribution < 1.29 is 19.4 Å². The molecule has 0 saturated heterocycles. The van der Waals surface area contributed by atoms with Gasteiger partial charge < -0.3 is 15.2 Å². The van der Waals surface area contributed by atoms with Crippen molar-refractivity contribution >= 4 is 23.4 Å². The Labute approximate surface area is 127 Å². The number of thiazole rings is 1. The third kappa shape index (κ3) is 3.53. The van der Waals surface area contributed by atoms with Gasteiger partial charge >= 0.3 is 12.1 Å². The summed E-state index contributed by atoms with van der Waals surface area (Å²) in [6.07, 6.45) is 0.141. The SMILES string of the molecule is Cc1csc(C2(NC(=O)OC(C)(C)C)CC(C(=O)O)C2)n1. The van der Waals surface area contributed by atoms with Crippen LogP contribution >= 0.6 is 11.3 Å². The van der Waals surface area contributed by atoms with Gasteiger partial charge in [0.15, 0.2) is 0 Å². The summed E-state index contributed by atoms with van der Waals surface area (Å²) < 4.78 is 5.27. The molecule has 116 valence electrons. The first-order chi connectivity index (χ1) is 9.61. The van der Waals surface area contributed by atoms with Gasteiger partial charge in [0.1, 0.15) is 10.6 Å². The molecule has 1 heterocycles. The lowest BCUT2D eigenvalue weighted by molar-refractivity contribution is -0.148. The lowest BCUT2D eigenvalue weighted by Gasteiger charge is -2.44. The second-order valence-corrected chi connectivity index (χ2v) is 7.30. The molecule has 1 aliphatic rings. The fourth-order valence-electron chi connectivity index (χ4n) is 2.36. The molecular formula is C14H20N2O4S. The minimum atomic E-state index is -0.843. The van der Waals surface area contributed by atoms with Crippen LogP contribution in [0.1, 0.15) is 44.3 Å². The van der Waals surface area contributed by atoms with E-state index in [1.807, 2.05) is 12.3 Å². The standard InChI is InChI=1S/C14H20N2O4S/c1-8-7-21-11(15-8)14(5-9(6-14)10(17)18)16-12(19)20-13(2,3)4/h7,9H,5-6H2,1-4H3,(H,16,19)(H,17,18). The second kappa shape index (κ2) is 5.29. The molecule has 1 amide bonds. The molecule has 0 unspecified atom stereocenters. The van der Waals surface area contributed by atoms with Crippen LogP contribution in [0.3, 0.4) is 0 Å². The number of hydrogen-bond donors (Lipinski definition) is 2. The number of rotatable bonds is 3. The van der Waals surface area contributed by atoms with Gasteiger partial charge in [-0.05, 0) is 40.5 Å². The van der Waals surface area contributed by atoms with E-state index in [1.54, 1.807) is 20.8 Å². The molecule has 1 aromatic heterocycles. The van der Waals surface area contributed by atoms with Gasteiger partial charge in [-0.3, -0.25) is 4.79 Å². The van der Waals surface area contributed by atoms with Crippen LogP contribution in [0.4, 0.5) is 4.79 Å². The minimum Gasteiger partial charge on any atom is -0.481 e. The zero-order valence-corrected chi connectivity index (χ0v) is 13.4. The van der Waals surface area contributed by atoms with Crippen molar-refractivity contribution in [3.05, 3.63) is 16.1 Å². The Balaban J connectivity index is 2.15. The van der Waals surface area contributed by atoms with Crippen molar-refractivity contribution in [2.24, 2.45) is 5.92 Å². The molecule has 0 aromatic carbocycles. The number of aryl methyl sites for hydroxylation is 1. The molecule has 0 radical (unpaired) electrons. The van der Waals surface area contributed by atoms with Crippen molar-refractivity contribution in [1.29, 1.82) is 0 Å². The zero-order chi connectivity index (χ0) is 15.8. The van der Waals surface area contributed by atoms with E-state index in [0.29, 0.717) is 12.8 Å². The highest BCUT2D eigenvalue weighted by molar-refractivity contribution is 7.09. The van der Waals surface area contributed by atoms with E-state index >= 15 is 0 Å². The summed E-state index contributed by atoms with van der Waals surface area (Å²) in [6.45, 7) is 7.23. The summed E-state index contributed by atoms with van der Waals surface area (Å²) in [4.78, 5) is 27.5. The Morgan fingerprint density at radius 1 is 1.48 bits per heavy atom. The van der Waals surface area contributed by atoms with Crippen LogP contribution in [-0.4, -0.2) is 27.8 Å². The number of carboxylic acids is 1. The number of carbonyl (C=O) groups excluding carboxylic acids is 1. The topological polar surface area (TPSA) is 88.5 Å². The van der Waals surface area contributed by atoms with E-state index in [2.05, 4.69) is 10.3 Å². The van der Waals surface area contributed by atoms with E-state index in [0.717, 1.165) is 10.7 Å². The van der Waals surface area contributed by atoms with E-state index in [9.17, 15) is 9.59 Å². The maximum atomic E-state index is 12.0. The first kappa shape index (κ1) is 15.8. The average Bonchev–Trinajstić information content (AvgIpc) is 2.66. The van der Waals surface area contributed by atoms with Crippen LogP contribution in [0.2, 0.25) is 0 Å². The van der Waals surface area contributed by atoms with Crippen LogP contribution in [0, 0.1) is 12.8 Å². The van der Waals surface area contributed by atoms with E-state index < -0.39 is 29.1 Å². The van der Waals surface area contributed by atoms with Gasteiger partial charge in [0.05, 0.1) is 11.5 Å². The van der Waals surface area contributed by atoms with Gasteiger partial charge in [0.2, 0.25) is 0 Å². The van der Waals surface area contributed by atoms with Crippen molar-refractivity contribution in [3.63, 3.8) is 0 Å². The number of ether oxygens (including phenoxy) is 1. The van der Waals surface area contributed by atoms with Crippen molar-refractivity contribution in [3.8, 4) is 0 Å². The van der Waals surface area contributed by atoms with Gasteiger partial charge in [-0.2, -0.15) is 0 Å². The molecule has 2 N–H and O–H groups in total. The molecule has 7 heteroatoms. The first-order valence-electron chi connectivity index (χ1n) is 6.78. The normalized spacial score (nSPS) is 25.0. The number of nitrogens with zero attached hydrogens (tertiary/aromatic N) is 1. The number of alkyl carbamates (subject to hydrolysis) is 1. The molecule has 1 aliphatic carbocycles. The summed E-state index contributed by atoms with van der Waals surface area (Å²) >= 11 is 1.43. The van der Waals surface area contributed by atoms with Crippen LogP contribution in [-0.2, 0) is 15.1 Å². The minimum absolute atomic E-state index is 0.342. The molecule has 0 atom stereocenters. The monoisotopic (exact) mass is 312 g/mol. The average molecular weight is 312 g/mol. The van der Waals surface area contributed by atoms with Gasteiger partial charge in [-0.15, -0.1) is 11.3 Å². The van der Waals surface area contributed by atoms with Crippen LogP contribution < -0.4 is 5.32 Å². The fourth-order valence-corrected chi connectivity index (χ4v) is 3.33. The van der Waals surface area contributed by atoms with Crippen molar-refractivity contribution in [2.75, 3.05) is 0 Å². The Kier molecular flexibility index (Phi) is 3.97. The van der Waals surface area contributed by atoms with Crippen molar-refractivity contribution in [2.45, 2.75) is 51.7 Å². The third-order valence-corrected chi connectivity index (χ3v) is 4.47. The molecule has 21 heavy (non-hydrogen) atoms. The molecule has 1 fully saturated rings. The highest BCUT2D eigenvalue weighted by Gasteiger charge is 2.52. The summed E-state index contributed by atoms with van der Waals surface area (Å²) in [6, 6.07) is 0. The summed E-state index contributed by atoms with van der Waals surface area (Å²) in [5.41, 5.74) is -0.455. The highest BCUT2D eigenvalue weighted by atomic mass is 32.1. The number of hydrogen-bond acceptors (Lipinski definition) is 5. The molecule has 0 spiro atoms. The van der Waals surface area contributed by atoms with Crippen LogP contribution in [0.5, 0.6) is 0 Å². The number of carbonyl (C=O) groups is 2. The smallest absolute Gasteiger partial charge is 0.408 e. The van der Waals surface area contributed by atoms with Gasteiger partial charge in [0.25, 0.3) is 0 Å². The van der Waals surface area contributed by atoms with Gasteiger partial charge in [-0.25, -0.2) is 9.78 Å². The van der Waals surface area contributed by atoms with Crippen LogP contribution in [0.15, 0.2) is 5.38 Å². The fraction of sp³-hybridized carbons (Fsp3) is 0.643. The molecule has 0 aliphatic heterocycles. The number of amides is 1. The highest BCUT2D eigenvalue weighted by Crippen LogP contribution is 2.47. The summed E-state index contributed by atoms with van der Waals surface area (Å²) in [5.74, 6) is -1.30. The Morgan fingerprint density at radius 3 is 2.52 bits per heavy atom. The second-order valence-electron chi connectivity index (χ2n) is 6.45. The maximum Gasteiger partial charge on any atom is 0.408 e. The zero-order valence-electron chi connectivity index (χ0n) is 12.6. The van der Waals surface area contributed by atoms with E-state index in [4.69, 9.17) is 9.84 Å². The van der Waals surface area contributed by atoms with E-state index in [1.165, 1.54) is 11.3 Å². The molecule has 1 aromatic rings. The predicted octanol–water partition coefficient (Wildman–Crippen LogP) is 2.67. The van der Waals surface area contributed by atoms with Gasteiger partial charge in [0, 0.05) is 11.1 Å². The number of carboxylic acid groups (broad SMARTS) is 1. The summed E-state index contributed by atoms with van der Waals surface area (Å²) in [5, 5.41) is 14.5. The maximum absolute atomic E-state index is 12.0. The Bertz CT molecular complexity index is 556. The Morgan fingerprint density at radius 2 is 2.10 bits per heavy atom. The van der Waals surface area contributed by atoms with Gasteiger partial charge in [-0.1, -0.05) is 0 Å². The van der Waals surface area contributed by atoms with Crippen LogP contribution in [0.25, 0.3) is 0 Å². The Hall–Kier alpha value is -1.63. The lowest BCUT2D eigenvalue weighted by atomic mass is 9.68. The third-order valence-electron chi connectivity index (χ3n) is 3.31. The molecule has 1 saturated carbocycles. The predicted molar refractivity (Wildman–Crippen MR) is 78.3 cm³/mol. The quantitative estimate of drug-likeness (QED) is 0.895. The number of nitrogens with one attached hydrogen (secondary N) is 1. The molecule has 2 rings (SSSR count). The number of aliphatic carboxylic acids is 1.